The average Bonchev–Trinajstić information content (AvgIpc) is 2.88. The predicted molar refractivity (Wildman–Crippen MR) is 152 cm³/mol. The number of amides is 1. The molecule has 0 aliphatic heterocycles. The van der Waals surface area contributed by atoms with Gasteiger partial charge in [-0.25, -0.2) is 8.42 Å². The van der Waals surface area contributed by atoms with Crippen LogP contribution >= 0.6 is 46.4 Å². The van der Waals surface area contributed by atoms with Gasteiger partial charge in [0.1, 0.15) is 11.5 Å². The number of nitrogens with one attached hydrogen (secondary N) is 1. The first-order valence-corrected chi connectivity index (χ1v) is 14.1. The lowest BCUT2D eigenvalue weighted by molar-refractivity contribution is 0.0786. The third-order valence-electron chi connectivity index (χ3n) is 5.41. The molecule has 11 heteroatoms. The first kappa shape index (κ1) is 28.1. The highest BCUT2D eigenvalue weighted by atomic mass is 35.5. The van der Waals surface area contributed by atoms with E-state index in [1.165, 1.54) is 47.4 Å². The van der Waals surface area contributed by atoms with Gasteiger partial charge in [0.25, 0.3) is 15.9 Å². The molecule has 0 heterocycles. The Labute approximate surface area is 240 Å². The molecule has 0 aliphatic rings. The molecule has 0 aliphatic carbocycles. The minimum atomic E-state index is -4.05. The van der Waals surface area contributed by atoms with Crippen LogP contribution in [0.2, 0.25) is 20.1 Å². The van der Waals surface area contributed by atoms with Crippen molar-refractivity contribution in [3.8, 4) is 11.5 Å². The number of rotatable bonds is 8. The van der Waals surface area contributed by atoms with Gasteiger partial charge in [0.2, 0.25) is 0 Å². The van der Waals surface area contributed by atoms with Crippen LogP contribution in [0.4, 0.5) is 5.69 Å². The first-order chi connectivity index (χ1) is 18.0. The van der Waals surface area contributed by atoms with Crippen LogP contribution in [0.5, 0.6) is 11.5 Å². The molecule has 1 amide bonds. The van der Waals surface area contributed by atoms with Crippen molar-refractivity contribution in [2.24, 2.45) is 0 Å². The van der Waals surface area contributed by atoms with Crippen LogP contribution in [-0.2, 0) is 16.6 Å². The SMILES string of the molecule is CN(Cc1ccc(Cl)c(Cl)c1)C(=O)c1cc(Cl)ccc1NS(=O)(=O)c1ccc(Oc2ccccc2Cl)cc1. The van der Waals surface area contributed by atoms with E-state index in [9.17, 15) is 13.2 Å². The highest BCUT2D eigenvalue weighted by molar-refractivity contribution is 7.92. The Hall–Kier alpha value is -2.94. The number of nitrogens with zero attached hydrogens (tertiary/aromatic N) is 1. The number of para-hydroxylation sites is 1. The summed E-state index contributed by atoms with van der Waals surface area (Å²) in [5, 5.41) is 1.47. The van der Waals surface area contributed by atoms with Crippen LogP contribution in [0.15, 0.2) is 89.8 Å². The summed E-state index contributed by atoms with van der Waals surface area (Å²) >= 11 is 24.3. The molecule has 6 nitrogen and oxygen atoms in total. The number of anilines is 1. The van der Waals surface area contributed by atoms with Gasteiger partial charge < -0.3 is 9.64 Å². The molecule has 0 atom stereocenters. The molecule has 0 unspecified atom stereocenters. The van der Waals surface area contributed by atoms with Gasteiger partial charge in [0.05, 0.1) is 31.2 Å². The number of hydrogen-bond acceptors (Lipinski definition) is 4. The highest BCUT2D eigenvalue weighted by Crippen LogP contribution is 2.31. The third-order valence-corrected chi connectivity index (χ3v) is 8.07. The van der Waals surface area contributed by atoms with Gasteiger partial charge in [-0.05, 0) is 72.3 Å². The maximum atomic E-state index is 13.3. The highest BCUT2D eigenvalue weighted by Gasteiger charge is 2.22. The van der Waals surface area contributed by atoms with Crippen LogP contribution in [0.3, 0.4) is 0 Å². The van der Waals surface area contributed by atoms with E-state index >= 15 is 0 Å². The number of sulfonamides is 1. The summed E-state index contributed by atoms with van der Waals surface area (Å²) in [6.45, 7) is 0.210. The fraction of sp³-hybridized carbons (Fsp3) is 0.0741. The van der Waals surface area contributed by atoms with Crippen molar-refractivity contribution in [1.82, 2.24) is 4.90 Å². The van der Waals surface area contributed by atoms with Crippen LogP contribution in [0, 0.1) is 0 Å². The Morgan fingerprint density at radius 3 is 2.24 bits per heavy atom. The van der Waals surface area contributed by atoms with Gasteiger partial charge in [0.15, 0.2) is 0 Å². The summed E-state index contributed by atoms with van der Waals surface area (Å²) in [4.78, 5) is 14.7. The normalized spacial score (nSPS) is 11.2. The molecule has 0 aromatic heterocycles. The van der Waals surface area contributed by atoms with Gasteiger partial charge in [0, 0.05) is 18.6 Å². The van der Waals surface area contributed by atoms with Gasteiger partial charge >= 0.3 is 0 Å². The molecular weight excluding hydrogens is 590 g/mol. The average molecular weight is 610 g/mol. The summed E-state index contributed by atoms with van der Waals surface area (Å²) in [6.07, 6.45) is 0. The number of hydrogen-bond donors (Lipinski definition) is 1. The first-order valence-electron chi connectivity index (χ1n) is 11.1. The number of benzene rings is 4. The van der Waals surface area contributed by atoms with Crippen molar-refractivity contribution < 1.29 is 17.9 Å². The largest absolute Gasteiger partial charge is 0.456 e. The van der Waals surface area contributed by atoms with Crippen molar-refractivity contribution in [3.63, 3.8) is 0 Å². The maximum Gasteiger partial charge on any atom is 0.261 e. The molecular formula is C27H20Cl4N2O4S. The van der Waals surface area contributed by atoms with E-state index in [0.717, 1.165) is 5.56 Å². The van der Waals surface area contributed by atoms with Crippen LogP contribution in [0.25, 0.3) is 0 Å². The minimum Gasteiger partial charge on any atom is -0.456 e. The Balaban J connectivity index is 1.54. The van der Waals surface area contributed by atoms with E-state index in [1.54, 1.807) is 49.5 Å². The van der Waals surface area contributed by atoms with Gasteiger partial charge in [-0.15, -0.1) is 0 Å². The standard InChI is InChI=1S/C27H20Cl4N2O4S/c1-33(16-17-6-12-22(29)24(31)14-17)27(34)21-15-18(28)7-13-25(21)32-38(35,36)20-10-8-19(9-11-20)37-26-5-3-2-4-23(26)30/h2-15,32H,16H2,1H3. The van der Waals surface area contributed by atoms with E-state index in [1.807, 2.05) is 0 Å². The smallest absolute Gasteiger partial charge is 0.261 e. The molecule has 38 heavy (non-hydrogen) atoms. The Kier molecular flexibility index (Phi) is 8.75. The summed E-state index contributed by atoms with van der Waals surface area (Å²) < 4.78 is 34.5. The summed E-state index contributed by atoms with van der Waals surface area (Å²) in [5.74, 6) is 0.403. The van der Waals surface area contributed by atoms with Crippen molar-refractivity contribution in [3.05, 3.63) is 116 Å². The lowest BCUT2D eigenvalue weighted by Crippen LogP contribution is -2.27. The van der Waals surface area contributed by atoms with Crippen molar-refractivity contribution in [1.29, 1.82) is 0 Å². The number of halogens is 4. The molecule has 0 saturated carbocycles. The number of carbonyl (C=O) groups is 1. The fourth-order valence-corrected chi connectivity index (χ4v) is 5.26. The second-order valence-corrected chi connectivity index (χ2v) is 11.5. The zero-order valence-electron chi connectivity index (χ0n) is 19.8. The molecule has 4 aromatic rings. The molecule has 0 radical (unpaired) electrons. The van der Waals surface area contributed by atoms with E-state index < -0.39 is 15.9 Å². The van der Waals surface area contributed by atoms with Crippen molar-refractivity contribution in [2.75, 3.05) is 11.8 Å². The fourth-order valence-electron chi connectivity index (χ4n) is 3.52. The predicted octanol–water partition coefficient (Wildman–Crippen LogP) is 8.17. The molecule has 0 spiro atoms. The van der Waals surface area contributed by atoms with Gasteiger partial charge in [-0.1, -0.05) is 64.6 Å². The van der Waals surface area contributed by atoms with Gasteiger partial charge in [-0.3, -0.25) is 9.52 Å². The summed E-state index contributed by atoms with van der Waals surface area (Å²) in [6, 6.07) is 22.1. The van der Waals surface area contributed by atoms with Crippen molar-refractivity contribution >= 4 is 68.0 Å². The maximum absolute atomic E-state index is 13.3. The third kappa shape index (κ3) is 6.73. The van der Waals surface area contributed by atoms with Crippen molar-refractivity contribution in [2.45, 2.75) is 11.4 Å². The van der Waals surface area contributed by atoms with E-state index in [2.05, 4.69) is 4.72 Å². The minimum absolute atomic E-state index is 0.0264. The second kappa shape index (κ2) is 11.8. The van der Waals surface area contributed by atoms with E-state index in [0.29, 0.717) is 26.6 Å². The van der Waals surface area contributed by atoms with Crippen LogP contribution in [-0.4, -0.2) is 26.3 Å². The zero-order valence-corrected chi connectivity index (χ0v) is 23.6. The molecule has 196 valence electrons. The van der Waals surface area contributed by atoms with Crippen LogP contribution in [0.1, 0.15) is 15.9 Å². The molecule has 4 rings (SSSR count). The lowest BCUT2D eigenvalue weighted by atomic mass is 10.1. The van der Waals surface area contributed by atoms with Gasteiger partial charge in [-0.2, -0.15) is 0 Å². The topological polar surface area (TPSA) is 75.7 Å². The Morgan fingerprint density at radius 1 is 0.842 bits per heavy atom. The monoisotopic (exact) mass is 608 g/mol. The molecule has 0 fully saturated rings. The molecule has 4 aromatic carbocycles. The zero-order chi connectivity index (χ0) is 27.4. The lowest BCUT2D eigenvalue weighted by Gasteiger charge is -2.20. The van der Waals surface area contributed by atoms with E-state index in [4.69, 9.17) is 51.1 Å². The van der Waals surface area contributed by atoms with Crippen LogP contribution < -0.4 is 9.46 Å². The molecule has 0 saturated heterocycles. The Bertz CT molecular complexity index is 1600. The number of ether oxygens (including phenoxy) is 1. The molecule has 1 N–H and O–H groups in total. The number of carbonyl (C=O) groups excluding carboxylic acids is 1. The quantitative estimate of drug-likeness (QED) is 0.219. The molecule has 0 bridgehead atoms. The van der Waals surface area contributed by atoms with E-state index in [-0.39, 0.29) is 27.7 Å². The summed E-state index contributed by atoms with van der Waals surface area (Å²) in [7, 11) is -2.47. The Morgan fingerprint density at radius 2 is 1.55 bits per heavy atom. The second-order valence-electron chi connectivity index (χ2n) is 8.21. The summed E-state index contributed by atoms with van der Waals surface area (Å²) in [5.41, 5.74) is 0.914.